The van der Waals surface area contributed by atoms with Gasteiger partial charge in [0.15, 0.2) is 11.5 Å². The number of ether oxygens (including phenoxy) is 3. The lowest BCUT2D eigenvalue weighted by Crippen LogP contribution is -2.12. The van der Waals surface area contributed by atoms with E-state index < -0.39 is 12.7 Å². The highest BCUT2D eigenvalue weighted by Gasteiger charge is 2.15. The van der Waals surface area contributed by atoms with Crippen LogP contribution in [0.25, 0.3) is 0 Å². The molecule has 0 saturated carbocycles. The minimum absolute atomic E-state index is 0.00236. The van der Waals surface area contributed by atoms with E-state index in [2.05, 4.69) is 4.74 Å². The van der Waals surface area contributed by atoms with E-state index in [0.717, 1.165) is 0 Å². The monoisotopic (exact) mass is 290 g/mol. The Morgan fingerprint density at radius 1 is 1.20 bits per heavy atom. The van der Waals surface area contributed by atoms with Gasteiger partial charge in [-0.15, -0.1) is 0 Å². The molecule has 0 aliphatic heterocycles. The summed E-state index contributed by atoms with van der Waals surface area (Å²) < 4.78 is 39.4. The molecule has 0 aliphatic rings. The Balaban J connectivity index is 2.85. The summed E-state index contributed by atoms with van der Waals surface area (Å²) in [6.45, 7) is 2.96. The van der Waals surface area contributed by atoms with Gasteiger partial charge in [-0.25, -0.2) is 0 Å². The molecule has 1 aromatic rings. The van der Waals surface area contributed by atoms with Crippen molar-refractivity contribution in [2.24, 2.45) is 0 Å². The van der Waals surface area contributed by atoms with Gasteiger partial charge in [0.05, 0.1) is 19.3 Å². The summed E-state index contributed by atoms with van der Waals surface area (Å²) in [5, 5.41) is 9.97. The number of aliphatic hydroxyl groups is 1. The van der Waals surface area contributed by atoms with Crippen molar-refractivity contribution >= 4 is 0 Å². The maximum Gasteiger partial charge on any atom is 0.387 e. The predicted octanol–water partition coefficient (Wildman–Crippen LogP) is 3.15. The van der Waals surface area contributed by atoms with Crippen molar-refractivity contribution in [3.63, 3.8) is 0 Å². The van der Waals surface area contributed by atoms with Gasteiger partial charge in [-0.3, -0.25) is 0 Å². The van der Waals surface area contributed by atoms with E-state index in [9.17, 15) is 13.9 Å². The van der Waals surface area contributed by atoms with Crippen LogP contribution in [-0.2, 0) is 4.74 Å². The molecule has 0 spiro atoms. The Morgan fingerprint density at radius 2 is 1.90 bits per heavy atom. The fraction of sp³-hybridized carbons (Fsp3) is 0.571. The Labute approximate surface area is 117 Å². The molecule has 0 amide bonds. The third-order valence-electron chi connectivity index (χ3n) is 2.46. The van der Waals surface area contributed by atoms with Gasteiger partial charge in [-0.1, -0.05) is 6.07 Å². The van der Waals surface area contributed by atoms with Crippen LogP contribution >= 0.6 is 0 Å². The highest BCUT2D eigenvalue weighted by Crippen LogP contribution is 2.32. The van der Waals surface area contributed by atoms with Gasteiger partial charge in [0.25, 0.3) is 0 Å². The second kappa shape index (κ2) is 8.01. The molecule has 1 aromatic carbocycles. The lowest BCUT2D eigenvalue weighted by molar-refractivity contribution is -0.0515. The second-order valence-corrected chi connectivity index (χ2v) is 4.42. The van der Waals surface area contributed by atoms with Crippen molar-refractivity contribution in [1.82, 2.24) is 0 Å². The highest BCUT2D eigenvalue weighted by molar-refractivity contribution is 5.43. The van der Waals surface area contributed by atoms with Crippen molar-refractivity contribution < 1.29 is 28.1 Å². The fourth-order valence-corrected chi connectivity index (χ4v) is 1.57. The van der Waals surface area contributed by atoms with Gasteiger partial charge >= 0.3 is 6.61 Å². The molecule has 1 rings (SSSR count). The molecule has 0 heterocycles. The molecule has 0 fully saturated rings. The lowest BCUT2D eigenvalue weighted by Gasteiger charge is -2.17. The first-order valence-corrected chi connectivity index (χ1v) is 6.45. The van der Waals surface area contributed by atoms with Crippen LogP contribution in [0.5, 0.6) is 11.5 Å². The van der Waals surface area contributed by atoms with Crippen LogP contribution in [0.15, 0.2) is 18.2 Å². The fourth-order valence-electron chi connectivity index (χ4n) is 1.57. The first kappa shape index (κ1) is 16.7. The number of rotatable bonds is 8. The minimum atomic E-state index is -2.92. The average molecular weight is 290 g/mol. The smallest absolute Gasteiger partial charge is 0.387 e. The Morgan fingerprint density at radius 3 is 2.45 bits per heavy atom. The Hall–Kier alpha value is -1.40. The maximum atomic E-state index is 12.3. The van der Waals surface area contributed by atoms with Crippen LogP contribution in [-0.4, -0.2) is 31.0 Å². The van der Waals surface area contributed by atoms with Crippen molar-refractivity contribution in [3.8, 4) is 11.5 Å². The molecule has 1 atom stereocenters. The third kappa shape index (κ3) is 5.30. The van der Waals surface area contributed by atoms with Gasteiger partial charge in [-0.05, 0) is 38.5 Å². The predicted molar refractivity (Wildman–Crippen MR) is 70.3 cm³/mol. The van der Waals surface area contributed by atoms with Crippen molar-refractivity contribution in [3.05, 3.63) is 23.8 Å². The van der Waals surface area contributed by atoms with Crippen LogP contribution in [0.2, 0.25) is 0 Å². The molecule has 20 heavy (non-hydrogen) atoms. The molecular formula is C14H20F2O4. The van der Waals surface area contributed by atoms with E-state index in [1.165, 1.54) is 18.2 Å². The summed E-state index contributed by atoms with van der Waals surface area (Å²) in [7, 11) is 0. The molecule has 1 N–H and O–H groups in total. The number of alkyl halides is 2. The molecule has 0 radical (unpaired) electrons. The van der Waals surface area contributed by atoms with Gasteiger partial charge in [0.1, 0.15) is 6.10 Å². The number of aliphatic hydroxyl groups excluding tert-OH is 1. The van der Waals surface area contributed by atoms with Crippen molar-refractivity contribution in [2.45, 2.75) is 39.6 Å². The lowest BCUT2D eigenvalue weighted by atomic mass is 10.1. The van der Waals surface area contributed by atoms with Crippen LogP contribution in [0.4, 0.5) is 8.78 Å². The third-order valence-corrected chi connectivity index (χ3v) is 2.46. The number of hydrogen-bond acceptors (Lipinski definition) is 4. The first-order valence-electron chi connectivity index (χ1n) is 6.45. The molecule has 0 bridgehead atoms. The summed E-state index contributed by atoms with van der Waals surface area (Å²) in [5.74, 6) is 0.122. The quantitative estimate of drug-likeness (QED) is 0.799. The molecule has 0 saturated heterocycles. The summed E-state index contributed by atoms with van der Waals surface area (Å²) in [5.41, 5.74) is 0.524. The molecule has 0 aliphatic carbocycles. The van der Waals surface area contributed by atoms with E-state index in [4.69, 9.17) is 9.47 Å². The summed E-state index contributed by atoms with van der Waals surface area (Å²) >= 11 is 0. The van der Waals surface area contributed by atoms with Crippen LogP contribution in [0.3, 0.4) is 0 Å². The van der Waals surface area contributed by atoms with E-state index in [1.54, 1.807) is 6.92 Å². The van der Waals surface area contributed by atoms with E-state index >= 15 is 0 Å². The SMILES string of the molecule is CCOc1cc(C(O)COC(C)C)ccc1OC(F)F. The zero-order valence-corrected chi connectivity index (χ0v) is 11.8. The number of benzene rings is 1. The molecule has 6 heteroatoms. The number of halogens is 2. The van der Waals surface area contributed by atoms with Crippen LogP contribution in [0.1, 0.15) is 32.4 Å². The molecule has 114 valence electrons. The minimum Gasteiger partial charge on any atom is -0.490 e. The molecule has 1 unspecified atom stereocenters. The molecular weight excluding hydrogens is 270 g/mol. The average Bonchev–Trinajstić information content (AvgIpc) is 2.37. The van der Waals surface area contributed by atoms with Gasteiger partial charge in [0, 0.05) is 0 Å². The van der Waals surface area contributed by atoms with E-state index in [1.807, 2.05) is 13.8 Å². The molecule has 4 nitrogen and oxygen atoms in total. The highest BCUT2D eigenvalue weighted by atomic mass is 19.3. The van der Waals surface area contributed by atoms with Gasteiger partial charge in [-0.2, -0.15) is 8.78 Å². The topological polar surface area (TPSA) is 47.9 Å². The Bertz CT molecular complexity index is 410. The zero-order chi connectivity index (χ0) is 15.1. The standard InChI is InChI=1S/C14H20F2O4/c1-4-18-13-7-10(11(17)8-19-9(2)3)5-6-12(13)20-14(15)16/h5-7,9,11,14,17H,4,8H2,1-3H3. The van der Waals surface area contributed by atoms with Crippen molar-refractivity contribution in [1.29, 1.82) is 0 Å². The van der Waals surface area contributed by atoms with Crippen molar-refractivity contribution in [2.75, 3.05) is 13.2 Å². The van der Waals surface area contributed by atoms with Crippen LogP contribution < -0.4 is 9.47 Å². The normalized spacial score (nSPS) is 12.8. The van der Waals surface area contributed by atoms with Crippen LogP contribution in [0, 0.1) is 0 Å². The largest absolute Gasteiger partial charge is 0.490 e. The second-order valence-electron chi connectivity index (χ2n) is 4.42. The summed E-state index contributed by atoms with van der Waals surface area (Å²) in [6, 6.07) is 4.34. The van der Waals surface area contributed by atoms with Gasteiger partial charge in [0.2, 0.25) is 0 Å². The first-order chi connectivity index (χ1) is 9.43. The van der Waals surface area contributed by atoms with E-state index in [0.29, 0.717) is 12.2 Å². The van der Waals surface area contributed by atoms with Gasteiger partial charge < -0.3 is 19.3 Å². The summed E-state index contributed by atoms with van der Waals surface area (Å²) in [4.78, 5) is 0. The number of hydrogen-bond donors (Lipinski definition) is 1. The van der Waals surface area contributed by atoms with E-state index in [-0.39, 0.29) is 24.2 Å². The molecule has 0 aromatic heterocycles. The zero-order valence-electron chi connectivity index (χ0n) is 11.8. The maximum absolute atomic E-state index is 12.3. The Kier molecular flexibility index (Phi) is 6.67. The summed E-state index contributed by atoms with van der Waals surface area (Å²) in [6.07, 6.45) is -0.852.